The first-order valence-corrected chi connectivity index (χ1v) is 13.4. The maximum Gasteiger partial charge on any atom is 0.335 e. The van der Waals surface area contributed by atoms with Crippen LogP contribution in [0.5, 0.6) is 11.5 Å². The molecule has 1 heterocycles. The summed E-state index contributed by atoms with van der Waals surface area (Å²) in [6.07, 6.45) is 1.43. The first-order chi connectivity index (χ1) is 19.8. The second-order valence-corrected chi connectivity index (χ2v) is 10.1. The molecule has 0 aromatic heterocycles. The molecule has 4 aromatic carbocycles. The van der Waals surface area contributed by atoms with Crippen molar-refractivity contribution in [2.45, 2.75) is 20.1 Å². The Morgan fingerprint density at radius 2 is 1.32 bits per heavy atom. The zero-order valence-electron chi connectivity index (χ0n) is 21.9. The number of urea groups is 1. The third-order valence-electron chi connectivity index (χ3n) is 6.30. The van der Waals surface area contributed by atoms with Crippen molar-refractivity contribution < 1.29 is 23.9 Å². The molecule has 1 N–H and O–H groups in total. The molecule has 1 aliphatic heterocycles. The molecule has 7 nitrogen and oxygen atoms in total. The Hall–Kier alpha value is -4.59. The van der Waals surface area contributed by atoms with E-state index >= 15 is 0 Å². The highest BCUT2D eigenvalue weighted by Gasteiger charge is 2.36. The number of ether oxygens (including phenoxy) is 2. The highest BCUT2D eigenvalue weighted by atomic mass is 35.5. The fourth-order valence-electron chi connectivity index (χ4n) is 4.06. The molecule has 1 saturated heterocycles. The fourth-order valence-corrected chi connectivity index (χ4v) is 4.38. The maximum absolute atomic E-state index is 13.3. The lowest BCUT2D eigenvalue weighted by Crippen LogP contribution is -2.54. The molecular formula is C32H24Cl2N2O5. The van der Waals surface area contributed by atoms with Gasteiger partial charge in [0.1, 0.15) is 30.3 Å². The number of benzene rings is 4. The van der Waals surface area contributed by atoms with Crippen LogP contribution in [0.25, 0.3) is 6.08 Å². The minimum Gasteiger partial charge on any atom is -0.489 e. The Morgan fingerprint density at radius 3 is 1.95 bits per heavy atom. The van der Waals surface area contributed by atoms with Crippen LogP contribution in [0, 0.1) is 6.92 Å². The van der Waals surface area contributed by atoms with Crippen molar-refractivity contribution in [3.05, 3.63) is 129 Å². The minimum absolute atomic E-state index is 0.172. The highest BCUT2D eigenvalue weighted by molar-refractivity contribution is 6.42. The van der Waals surface area contributed by atoms with E-state index in [1.165, 1.54) is 6.08 Å². The van der Waals surface area contributed by atoms with E-state index in [1.54, 1.807) is 60.7 Å². The van der Waals surface area contributed by atoms with Crippen LogP contribution in [0.2, 0.25) is 10.0 Å². The maximum atomic E-state index is 13.3. The molecule has 4 aromatic rings. The molecule has 0 unspecified atom stereocenters. The molecule has 0 spiro atoms. The molecule has 0 atom stereocenters. The van der Waals surface area contributed by atoms with Gasteiger partial charge in [-0.1, -0.05) is 71.2 Å². The number of hydrogen-bond donors (Lipinski definition) is 1. The summed E-state index contributed by atoms with van der Waals surface area (Å²) in [5.74, 6) is -0.340. The SMILES string of the molecule is Cc1ccc(COc2ccc(N3C(=O)NC(=O)/C(=C\c4ccc(OCc5ccc(Cl)c(Cl)c5)cc4)C3=O)cc2)cc1. The van der Waals surface area contributed by atoms with Gasteiger partial charge < -0.3 is 9.47 Å². The van der Waals surface area contributed by atoms with Crippen molar-refractivity contribution in [1.29, 1.82) is 0 Å². The molecule has 1 fully saturated rings. The number of halogens is 2. The Balaban J connectivity index is 1.25. The predicted molar refractivity (Wildman–Crippen MR) is 158 cm³/mol. The molecule has 0 aliphatic carbocycles. The monoisotopic (exact) mass is 586 g/mol. The van der Waals surface area contributed by atoms with Crippen LogP contribution in [-0.4, -0.2) is 17.8 Å². The van der Waals surface area contributed by atoms with Crippen LogP contribution in [0.4, 0.5) is 10.5 Å². The van der Waals surface area contributed by atoms with Gasteiger partial charge >= 0.3 is 6.03 Å². The predicted octanol–water partition coefficient (Wildman–Crippen LogP) is 7.13. The molecule has 0 radical (unpaired) electrons. The highest BCUT2D eigenvalue weighted by Crippen LogP contribution is 2.26. The first-order valence-electron chi connectivity index (χ1n) is 12.6. The lowest BCUT2D eigenvalue weighted by Gasteiger charge is -2.26. The van der Waals surface area contributed by atoms with Crippen LogP contribution in [0.1, 0.15) is 22.3 Å². The topological polar surface area (TPSA) is 84.9 Å². The Labute approximate surface area is 246 Å². The normalized spacial score (nSPS) is 14.3. The van der Waals surface area contributed by atoms with E-state index in [4.69, 9.17) is 32.7 Å². The summed E-state index contributed by atoms with van der Waals surface area (Å²) in [5, 5.41) is 3.15. The number of aryl methyl sites for hydroxylation is 1. The van der Waals surface area contributed by atoms with Gasteiger partial charge in [-0.3, -0.25) is 14.9 Å². The van der Waals surface area contributed by atoms with E-state index in [0.717, 1.165) is 21.6 Å². The van der Waals surface area contributed by atoms with Crippen molar-refractivity contribution in [3.8, 4) is 11.5 Å². The second-order valence-electron chi connectivity index (χ2n) is 9.33. The van der Waals surface area contributed by atoms with Gasteiger partial charge in [0.2, 0.25) is 0 Å². The number of barbiturate groups is 1. The Kier molecular flexibility index (Phi) is 8.38. The lowest BCUT2D eigenvalue weighted by atomic mass is 10.1. The van der Waals surface area contributed by atoms with Gasteiger partial charge in [-0.15, -0.1) is 0 Å². The summed E-state index contributed by atoms with van der Waals surface area (Å²) in [6.45, 7) is 2.68. The molecule has 4 amide bonds. The molecule has 41 heavy (non-hydrogen) atoms. The van der Waals surface area contributed by atoms with Crippen LogP contribution in [0.15, 0.2) is 96.6 Å². The zero-order chi connectivity index (χ0) is 28.9. The van der Waals surface area contributed by atoms with Crippen molar-refractivity contribution in [2.24, 2.45) is 0 Å². The van der Waals surface area contributed by atoms with Crippen LogP contribution in [-0.2, 0) is 22.8 Å². The summed E-state index contributed by atoms with van der Waals surface area (Å²) in [7, 11) is 0. The van der Waals surface area contributed by atoms with Crippen molar-refractivity contribution >= 4 is 52.8 Å². The van der Waals surface area contributed by atoms with Gasteiger partial charge in [-0.25, -0.2) is 9.69 Å². The number of hydrogen-bond acceptors (Lipinski definition) is 5. The standard InChI is InChI=1S/C32H24Cl2N2O5/c1-20-2-4-22(5-3-20)18-40-26-13-9-24(10-14-26)36-31(38)27(30(37)35-32(36)39)16-21-6-11-25(12-7-21)41-19-23-8-15-28(33)29(34)17-23/h2-17H,18-19H2,1H3,(H,35,37,39)/b27-16+. The summed E-state index contributed by atoms with van der Waals surface area (Å²) >= 11 is 12.0. The number of carbonyl (C=O) groups excluding carboxylic acids is 3. The quantitative estimate of drug-likeness (QED) is 0.175. The van der Waals surface area contributed by atoms with Crippen molar-refractivity contribution in [1.82, 2.24) is 5.32 Å². The zero-order valence-corrected chi connectivity index (χ0v) is 23.4. The number of nitrogens with zero attached hydrogens (tertiary/aromatic N) is 1. The Bertz CT molecular complexity index is 1630. The molecule has 0 bridgehead atoms. The molecule has 1 aliphatic rings. The third kappa shape index (κ3) is 6.77. The lowest BCUT2D eigenvalue weighted by molar-refractivity contribution is -0.122. The van der Waals surface area contributed by atoms with E-state index in [-0.39, 0.29) is 12.2 Å². The summed E-state index contributed by atoms with van der Waals surface area (Å²) < 4.78 is 11.6. The number of nitrogens with one attached hydrogen (secondary N) is 1. The van der Waals surface area contributed by atoms with E-state index in [2.05, 4.69) is 5.32 Å². The molecular weight excluding hydrogens is 563 g/mol. The number of imide groups is 2. The third-order valence-corrected chi connectivity index (χ3v) is 7.04. The average molecular weight is 587 g/mol. The number of anilines is 1. The molecule has 9 heteroatoms. The summed E-state index contributed by atoms with van der Waals surface area (Å²) in [6, 6.07) is 25.8. The fraction of sp³-hybridized carbons (Fsp3) is 0.0938. The summed E-state index contributed by atoms with van der Waals surface area (Å²) in [4.78, 5) is 39.3. The average Bonchev–Trinajstić information content (AvgIpc) is 2.97. The van der Waals surface area contributed by atoms with Crippen LogP contribution >= 0.6 is 23.2 Å². The van der Waals surface area contributed by atoms with Crippen molar-refractivity contribution in [2.75, 3.05) is 4.90 Å². The molecule has 206 valence electrons. The second kappa shape index (κ2) is 12.3. The number of rotatable bonds is 8. The number of carbonyl (C=O) groups is 3. The smallest absolute Gasteiger partial charge is 0.335 e. The minimum atomic E-state index is -0.823. The van der Waals surface area contributed by atoms with Gasteiger partial charge in [0.15, 0.2) is 0 Å². The Morgan fingerprint density at radius 1 is 0.732 bits per heavy atom. The van der Waals surface area contributed by atoms with E-state index in [9.17, 15) is 14.4 Å². The van der Waals surface area contributed by atoms with Gasteiger partial charge in [-0.2, -0.15) is 0 Å². The largest absolute Gasteiger partial charge is 0.489 e. The molecule has 5 rings (SSSR count). The molecule has 0 saturated carbocycles. The van der Waals surface area contributed by atoms with Crippen LogP contribution in [0.3, 0.4) is 0 Å². The van der Waals surface area contributed by atoms with E-state index in [1.807, 2.05) is 37.3 Å². The van der Waals surface area contributed by atoms with Crippen LogP contribution < -0.4 is 19.7 Å². The van der Waals surface area contributed by atoms with E-state index < -0.39 is 17.8 Å². The first kappa shape index (κ1) is 28.0. The summed E-state index contributed by atoms with van der Waals surface area (Å²) in [5.41, 5.74) is 3.75. The van der Waals surface area contributed by atoms with Gasteiger partial charge in [0.25, 0.3) is 11.8 Å². The van der Waals surface area contributed by atoms with E-state index in [0.29, 0.717) is 39.4 Å². The van der Waals surface area contributed by atoms with Gasteiger partial charge in [-0.05, 0) is 78.2 Å². The number of amides is 4. The van der Waals surface area contributed by atoms with Gasteiger partial charge in [0.05, 0.1) is 15.7 Å². The van der Waals surface area contributed by atoms with Gasteiger partial charge in [0, 0.05) is 0 Å². The van der Waals surface area contributed by atoms with Crippen molar-refractivity contribution in [3.63, 3.8) is 0 Å².